The number of benzene rings is 1. The maximum Gasteiger partial charge on any atom is 0.138 e. The van der Waals surface area contributed by atoms with Crippen LogP contribution in [0, 0.1) is 0 Å². The smallest absolute Gasteiger partial charge is 0.138 e. The van der Waals surface area contributed by atoms with Gasteiger partial charge in [0.25, 0.3) is 0 Å². The molecule has 2 N–H and O–H groups in total. The molecule has 4 nitrogen and oxygen atoms in total. The Bertz CT molecular complexity index is 564. The highest BCUT2D eigenvalue weighted by Crippen LogP contribution is 2.36. The van der Waals surface area contributed by atoms with Crippen molar-refractivity contribution < 1.29 is 5.11 Å². The number of imidazole rings is 1. The van der Waals surface area contributed by atoms with Crippen LogP contribution < -0.4 is 5.32 Å². The van der Waals surface area contributed by atoms with Crippen LogP contribution >= 0.6 is 0 Å². The van der Waals surface area contributed by atoms with Crippen LogP contribution in [-0.2, 0) is 6.54 Å². The van der Waals surface area contributed by atoms with Crippen molar-refractivity contribution in [2.45, 2.75) is 38.5 Å². The molecule has 0 saturated carbocycles. The lowest BCUT2D eigenvalue weighted by atomic mass is 9.95. The van der Waals surface area contributed by atoms with Crippen LogP contribution in [0.4, 0.5) is 0 Å². The molecule has 0 saturated heterocycles. The topological polar surface area (TPSA) is 50.1 Å². The fourth-order valence-corrected chi connectivity index (χ4v) is 2.97. The van der Waals surface area contributed by atoms with Crippen molar-refractivity contribution >= 4 is 0 Å². The Morgan fingerprint density at radius 1 is 1.30 bits per heavy atom. The van der Waals surface area contributed by atoms with Crippen molar-refractivity contribution in [3.8, 4) is 0 Å². The maximum atomic E-state index is 10.2. The van der Waals surface area contributed by atoms with E-state index in [-0.39, 0.29) is 6.04 Å². The Labute approximate surface area is 119 Å². The fraction of sp³-hybridized carbons (Fsp3) is 0.438. The Balaban J connectivity index is 2.00. The summed E-state index contributed by atoms with van der Waals surface area (Å²) in [5.41, 5.74) is 2.44. The second kappa shape index (κ2) is 5.77. The number of nitrogens with one attached hydrogen (secondary N) is 1. The molecular formula is C16H21N3O. The molecule has 0 fully saturated rings. The number of rotatable bonds is 4. The second-order valence-electron chi connectivity index (χ2n) is 5.28. The molecule has 3 rings (SSSR count). The highest BCUT2D eigenvalue weighted by Gasteiger charge is 2.29. The number of nitrogens with zero attached hydrogens (tertiary/aromatic N) is 2. The summed E-state index contributed by atoms with van der Waals surface area (Å²) in [6, 6.07) is 10.8. The van der Waals surface area contributed by atoms with E-state index < -0.39 is 6.10 Å². The predicted octanol–water partition coefficient (Wildman–Crippen LogP) is 2.41. The lowest BCUT2D eigenvalue weighted by Gasteiger charge is -2.30. The fourth-order valence-electron chi connectivity index (χ4n) is 2.97. The Morgan fingerprint density at radius 2 is 2.10 bits per heavy atom. The highest BCUT2D eigenvalue weighted by molar-refractivity contribution is 5.25. The van der Waals surface area contributed by atoms with Crippen molar-refractivity contribution in [2.24, 2.45) is 0 Å². The molecular weight excluding hydrogens is 250 g/mol. The summed E-state index contributed by atoms with van der Waals surface area (Å²) in [6.07, 6.45) is 3.18. The lowest BCUT2D eigenvalue weighted by molar-refractivity contribution is 0.126. The van der Waals surface area contributed by atoms with Crippen molar-refractivity contribution in [3.63, 3.8) is 0 Å². The van der Waals surface area contributed by atoms with Gasteiger partial charge < -0.3 is 15.0 Å². The van der Waals surface area contributed by atoms with Gasteiger partial charge in [-0.1, -0.05) is 37.3 Å². The van der Waals surface area contributed by atoms with E-state index in [4.69, 9.17) is 0 Å². The zero-order valence-corrected chi connectivity index (χ0v) is 11.8. The molecule has 1 aromatic heterocycles. The number of fused-ring (bicyclic) bond motifs is 1. The normalized spacial score (nSPS) is 21.7. The first-order valence-electron chi connectivity index (χ1n) is 7.31. The Morgan fingerprint density at radius 3 is 2.85 bits per heavy atom. The molecule has 2 heterocycles. The third-order valence-corrected chi connectivity index (χ3v) is 3.97. The monoisotopic (exact) mass is 271 g/mol. The van der Waals surface area contributed by atoms with Gasteiger partial charge >= 0.3 is 0 Å². The molecule has 1 aliphatic rings. The first-order chi connectivity index (χ1) is 9.81. The zero-order chi connectivity index (χ0) is 13.9. The summed E-state index contributed by atoms with van der Waals surface area (Å²) >= 11 is 0. The maximum absolute atomic E-state index is 10.2. The summed E-state index contributed by atoms with van der Waals surface area (Å²) in [5, 5.41) is 13.5. The van der Waals surface area contributed by atoms with Gasteiger partial charge in [0.1, 0.15) is 11.9 Å². The van der Waals surface area contributed by atoms with Gasteiger partial charge in [-0.25, -0.2) is 4.98 Å². The molecule has 1 aliphatic heterocycles. The van der Waals surface area contributed by atoms with Crippen molar-refractivity contribution in [1.82, 2.24) is 14.9 Å². The molecule has 2 unspecified atom stereocenters. The number of hydrogen-bond acceptors (Lipinski definition) is 3. The molecule has 106 valence electrons. The van der Waals surface area contributed by atoms with Crippen LogP contribution in [-0.4, -0.2) is 21.2 Å². The Hall–Kier alpha value is -1.65. The number of hydrogen-bond donors (Lipinski definition) is 2. The molecule has 0 spiro atoms. The summed E-state index contributed by atoms with van der Waals surface area (Å²) in [4.78, 5) is 4.44. The summed E-state index contributed by atoms with van der Waals surface area (Å²) in [5.74, 6) is 0.804. The molecule has 0 radical (unpaired) electrons. The minimum absolute atomic E-state index is 0.283. The first kappa shape index (κ1) is 13.3. The highest BCUT2D eigenvalue weighted by atomic mass is 16.3. The second-order valence-corrected chi connectivity index (χ2v) is 5.28. The molecule has 0 amide bonds. The minimum Gasteiger partial charge on any atom is -0.385 e. The Kier molecular flexibility index (Phi) is 3.85. The lowest BCUT2D eigenvalue weighted by Crippen LogP contribution is -2.26. The van der Waals surface area contributed by atoms with E-state index in [1.54, 1.807) is 0 Å². The minimum atomic E-state index is -0.440. The van der Waals surface area contributed by atoms with E-state index >= 15 is 0 Å². The first-order valence-corrected chi connectivity index (χ1v) is 7.31. The van der Waals surface area contributed by atoms with Gasteiger partial charge in [0.2, 0.25) is 0 Å². The van der Waals surface area contributed by atoms with Gasteiger partial charge in [-0.15, -0.1) is 0 Å². The van der Waals surface area contributed by atoms with Gasteiger partial charge in [-0.2, -0.15) is 0 Å². The molecule has 0 bridgehead atoms. The molecule has 2 aromatic rings. The molecule has 4 heteroatoms. The average Bonchev–Trinajstić information content (AvgIpc) is 2.91. The van der Waals surface area contributed by atoms with Crippen LogP contribution in [0.5, 0.6) is 0 Å². The average molecular weight is 271 g/mol. The van der Waals surface area contributed by atoms with Crippen LogP contribution in [0.15, 0.2) is 36.5 Å². The van der Waals surface area contributed by atoms with E-state index in [0.717, 1.165) is 37.4 Å². The zero-order valence-electron chi connectivity index (χ0n) is 11.8. The van der Waals surface area contributed by atoms with Crippen molar-refractivity contribution in [1.29, 1.82) is 0 Å². The van der Waals surface area contributed by atoms with Gasteiger partial charge in [0.15, 0.2) is 0 Å². The van der Waals surface area contributed by atoms with Gasteiger partial charge in [-0.3, -0.25) is 0 Å². The van der Waals surface area contributed by atoms with E-state index in [0.29, 0.717) is 0 Å². The molecule has 0 aliphatic carbocycles. The van der Waals surface area contributed by atoms with Crippen LogP contribution in [0.1, 0.15) is 49.0 Å². The summed E-state index contributed by atoms with van der Waals surface area (Å²) in [7, 11) is 0. The SMILES string of the molecule is CCNCc1cnc2n1C(c1ccccc1)CCC2O. The van der Waals surface area contributed by atoms with E-state index in [1.807, 2.05) is 12.3 Å². The number of aromatic nitrogens is 2. The van der Waals surface area contributed by atoms with Crippen LogP contribution in [0.3, 0.4) is 0 Å². The van der Waals surface area contributed by atoms with E-state index in [9.17, 15) is 5.11 Å². The van der Waals surface area contributed by atoms with E-state index in [2.05, 4.69) is 46.1 Å². The van der Waals surface area contributed by atoms with Crippen LogP contribution in [0.2, 0.25) is 0 Å². The third kappa shape index (κ3) is 2.37. The van der Waals surface area contributed by atoms with Crippen LogP contribution in [0.25, 0.3) is 0 Å². The predicted molar refractivity (Wildman–Crippen MR) is 78.4 cm³/mol. The van der Waals surface area contributed by atoms with Crippen molar-refractivity contribution in [3.05, 3.63) is 53.6 Å². The third-order valence-electron chi connectivity index (χ3n) is 3.97. The van der Waals surface area contributed by atoms with E-state index in [1.165, 1.54) is 5.56 Å². The molecule has 2 atom stereocenters. The summed E-state index contributed by atoms with van der Waals surface area (Å²) in [6.45, 7) is 3.82. The number of aliphatic hydroxyl groups excluding tert-OH is 1. The summed E-state index contributed by atoms with van der Waals surface area (Å²) < 4.78 is 2.21. The largest absolute Gasteiger partial charge is 0.385 e. The molecule has 20 heavy (non-hydrogen) atoms. The number of aliphatic hydroxyl groups is 1. The quantitative estimate of drug-likeness (QED) is 0.898. The molecule has 1 aromatic carbocycles. The van der Waals surface area contributed by atoms with Gasteiger partial charge in [0.05, 0.1) is 11.7 Å². The van der Waals surface area contributed by atoms with Crippen molar-refractivity contribution in [2.75, 3.05) is 6.54 Å². The van der Waals surface area contributed by atoms with Gasteiger partial charge in [-0.05, 0) is 24.9 Å². The standard InChI is InChI=1S/C16H21N3O/c1-2-17-10-13-11-18-16-15(20)9-8-14(19(13)16)12-6-4-3-5-7-12/h3-7,11,14-15,17,20H,2,8-10H2,1H3. The van der Waals surface area contributed by atoms with Gasteiger partial charge in [0, 0.05) is 12.7 Å².